The molecule has 0 aromatic rings. The molecule has 2 nitrogen and oxygen atoms in total. The highest BCUT2D eigenvalue weighted by Gasteiger charge is 2.36. The van der Waals surface area contributed by atoms with Gasteiger partial charge in [0.1, 0.15) is 5.60 Å². The van der Waals surface area contributed by atoms with Crippen LogP contribution in [0.4, 0.5) is 0 Å². The summed E-state index contributed by atoms with van der Waals surface area (Å²) in [6, 6.07) is 0. The van der Waals surface area contributed by atoms with Gasteiger partial charge in [-0.25, -0.2) is 4.79 Å². The second-order valence-corrected chi connectivity index (χ2v) is 6.05. The van der Waals surface area contributed by atoms with Gasteiger partial charge in [-0.2, -0.15) is 0 Å². The summed E-state index contributed by atoms with van der Waals surface area (Å²) < 4.78 is 5.80. The zero-order valence-electron chi connectivity index (χ0n) is 14.3. The van der Waals surface area contributed by atoms with Gasteiger partial charge in [-0.15, -0.1) is 0 Å². The van der Waals surface area contributed by atoms with E-state index in [1.165, 1.54) is 32.1 Å². The Bertz CT molecular complexity index is 290. The van der Waals surface area contributed by atoms with E-state index in [1.807, 2.05) is 0 Å². The summed E-state index contributed by atoms with van der Waals surface area (Å²) in [7, 11) is 0. The molecule has 0 radical (unpaired) electrons. The monoisotopic (exact) mass is 282 g/mol. The second-order valence-electron chi connectivity index (χ2n) is 6.05. The SMILES string of the molecule is C=C(C)C(=O)OC(CC)(CC)C(C)CCCCCCC. The number of hydrogen-bond donors (Lipinski definition) is 0. The normalized spacial score (nSPS) is 13.1. The van der Waals surface area contributed by atoms with Crippen molar-refractivity contribution in [1.29, 1.82) is 0 Å². The first kappa shape index (κ1) is 19.2. The zero-order chi connectivity index (χ0) is 15.6. The number of carbonyl (C=O) groups is 1. The molecule has 0 fully saturated rings. The zero-order valence-corrected chi connectivity index (χ0v) is 14.3. The van der Waals surface area contributed by atoms with Crippen molar-refractivity contribution in [3.8, 4) is 0 Å². The van der Waals surface area contributed by atoms with E-state index in [0.717, 1.165) is 19.3 Å². The van der Waals surface area contributed by atoms with Crippen molar-refractivity contribution in [3.63, 3.8) is 0 Å². The number of ether oxygens (including phenoxy) is 1. The van der Waals surface area contributed by atoms with E-state index in [-0.39, 0.29) is 11.6 Å². The summed E-state index contributed by atoms with van der Waals surface area (Å²) in [6.45, 7) is 14.1. The molecule has 118 valence electrons. The highest BCUT2D eigenvalue weighted by atomic mass is 16.6. The molecule has 0 spiro atoms. The van der Waals surface area contributed by atoms with Gasteiger partial charge in [0, 0.05) is 5.57 Å². The molecule has 1 unspecified atom stereocenters. The Morgan fingerprint density at radius 1 is 1.10 bits per heavy atom. The number of unbranched alkanes of at least 4 members (excludes halogenated alkanes) is 4. The predicted molar refractivity (Wildman–Crippen MR) is 86.8 cm³/mol. The topological polar surface area (TPSA) is 26.3 Å². The molecule has 0 aliphatic carbocycles. The Morgan fingerprint density at radius 2 is 1.65 bits per heavy atom. The molecular weight excluding hydrogens is 248 g/mol. The van der Waals surface area contributed by atoms with Crippen LogP contribution in [-0.2, 0) is 9.53 Å². The van der Waals surface area contributed by atoms with E-state index in [9.17, 15) is 4.79 Å². The molecule has 0 aliphatic heterocycles. The van der Waals surface area contributed by atoms with E-state index in [0.29, 0.717) is 11.5 Å². The quantitative estimate of drug-likeness (QED) is 0.277. The number of carbonyl (C=O) groups excluding carboxylic acids is 1. The van der Waals surface area contributed by atoms with Crippen LogP contribution >= 0.6 is 0 Å². The average Bonchev–Trinajstić information content (AvgIpc) is 2.44. The summed E-state index contributed by atoms with van der Waals surface area (Å²) >= 11 is 0. The maximum atomic E-state index is 11.9. The van der Waals surface area contributed by atoms with E-state index in [1.54, 1.807) is 6.92 Å². The molecule has 0 aromatic carbocycles. The van der Waals surface area contributed by atoms with Crippen LogP contribution in [0.1, 0.15) is 86.0 Å². The lowest BCUT2D eigenvalue weighted by atomic mass is 9.80. The summed E-state index contributed by atoms with van der Waals surface area (Å²) in [4.78, 5) is 11.9. The van der Waals surface area contributed by atoms with Crippen molar-refractivity contribution in [1.82, 2.24) is 0 Å². The van der Waals surface area contributed by atoms with Gasteiger partial charge in [-0.05, 0) is 32.1 Å². The lowest BCUT2D eigenvalue weighted by Crippen LogP contribution is -2.40. The van der Waals surface area contributed by atoms with Gasteiger partial charge in [0.05, 0.1) is 0 Å². The fraction of sp³-hybridized carbons (Fsp3) is 0.833. The lowest BCUT2D eigenvalue weighted by molar-refractivity contribution is -0.162. The predicted octanol–water partition coefficient (Wildman–Crippen LogP) is 5.66. The van der Waals surface area contributed by atoms with Gasteiger partial charge >= 0.3 is 5.97 Å². The third-order valence-electron chi connectivity index (χ3n) is 4.48. The molecule has 0 N–H and O–H groups in total. The number of esters is 1. The van der Waals surface area contributed by atoms with Gasteiger partial charge in [0.2, 0.25) is 0 Å². The Hall–Kier alpha value is -0.790. The van der Waals surface area contributed by atoms with Crippen molar-refractivity contribution in [2.45, 2.75) is 91.6 Å². The summed E-state index contributed by atoms with van der Waals surface area (Å²) in [6.07, 6.45) is 9.32. The first-order chi connectivity index (χ1) is 9.43. The molecule has 0 rings (SSSR count). The third-order valence-corrected chi connectivity index (χ3v) is 4.48. The van der Waals surface area contributed by atoms with Gasteiger partial charge in [-0.3, -0.25) is 0 Å². The molecule has 1 atom stereocenters. The van der Waals surface area contributed by atoms with Gasteiger partial charge < -0.3 is 4.74 Å². The van der Waals surface area contributed by atoms with Crippen LogP contribution in [0.3, 0.4) is 0 Å². The fourth-order valence-electron chi connectivity index (χ4n) is 2.78. The minimum Gasteiger partial charge on any atom is -0.455 e. The molecule has 2 heteroatoms. The minimum absolute atomic E-state index is 0.244. The van der Waals surface area contributed by atoms with E-state index in [2.05, 4.69) is 34.3 Å². The van der Waals surface area contributed by atoms with Crippen molar-refractivity contribution >= 4 is 5.97 Å². The molecule has 0 aromatic heterocycles. The van der Waals surface area contributed by atoms with Crippen molar-refractivity contribution in [2.24, 2.45) is 5.92 Å². The summed E-state index contributed by atoms with van der Waals surface area (Å²) in [5, 5.41) is 0. The minimum atomic E-state index is -0.319. The lowest BCUT2D eigenvalue weighted by Gasteiger charge is -2.37. The standard InChI is InChI=1S/C18H34O2/c1-7-10-11-12-13-14-16(6)18(8-2,9-3)20-17(19)15(4)5/h16H,4,7-14H2,1-3,5-6H3. The smallest absolute Gasteiger partial charge is 0.333 e. The molecule has 0 bridgehead atoms. The molecular formula is C18H34O2. The van der Waals surface area contributed by atoms with Crippen LogP contribution in [-0.4, -0.2) is 11.6 Å². The third kappa shape index (κ3) is 6.11. The molecule has 0 heterocycles. The van der Waals surface area contributed by atoms with Crippen LogP contribution in [0.5, 0.6) is 0 Å². The van der Waals surface area contributed by atoms with E-state index >= 15 is 0 Å². The number of rotatable bonds is 11. The van der Waals surface area contributed by atoms with Crippen molar-refractivity contribution in [2.75, 3.05) is 0 Å². The Morgan fingerprint density at radius 3 is 2.10 bits per heavy atom. The maximum absolute atomic E-state index is 11.9. The first-order valence-electron chi connectivity index (χ1n) is 8.32. The van der Waals surface area contributed by atoms with Crippen LogP contribution in [0.15, 0.2) is 12.2 Å². The molecule has 0 amide bonds. The van der Waals surface area contributed by atoms with Crippen molar-refractivity contribution < 1.29 is 9.53 Å². The van der Waals surface area contributed by atoms with Gasteiger partial charge in [0.15, 0.2) is 0 Å². The fourth-order valence-corrected chi connectivity index (χ4v) is 2.78. The molecule has 0 saturated carbocycles. The van der Waals surface area contributed by atoms with E-state index in [4.69, 9.17) is 4.74 Å². The molecule has 0 aliphatic rings. The van der Waals surface area contributed by atoms with Crippen LogP contribution in [0.25, 0.3) is 0 Å². The summed E-state index contributed by atoms with van der Waals surface area (Å²) in [5.41, 5.74) is 0.173. The molecule has 20 heavy (non-hydrogen) atoms. The van der Waals surface area contributed by atoms with E-state index < -0.39 is 0 Å². The molecule has 0 saturated heterocycles. The largest absolute Gasteiger partial charge is 0.455 e. The van der Waals surface area contributed by atoms with Gasteiger partial charge in [-0.1, -0.05) is 66.4 Å². The highest BCUT2D eigenvalue weighted by molar-refractivity contribution is 5.87. The summed E-state index contributed by atoms with van der Waals surface area (Å²) in [5.74, 6) is 0.161. The number of hydrogen-bond acceptors (Lipinski definition) is 2. The van der Waals surface area contributed by atoms with Gasteiger partial charge in [0.25, 0.3) is 0 Å². The Labute approximate surface area is 126 Å². The Kier molecular flexibility index (Phi) is 9.62. The van der Waals surface area contributed by atoms with Crippen LogP contribution < -0.4 is 0 Å². The average molecular weight is 282 g/mol. The first-order valence-corrected chi connectivity index (χ1v) is 8.32. The highest BCUT2D eigenvalue weighted by Crippen LogP contribution is 2.34. The van der Waals surface area contributed by atoms with Crippen molar-refractivity contribution in [3.05, 3.63) is 12.2 Å². The Balaban J connectivity index is 4.47. The maximum Gasteiger partial charge on any atom is 0.333 e. The second kappa shape index (κ2) is 10.0. The van der Waals surface area contributed by atoms with Crippen LogP contribution in [0.2, 0.25) is 0 Å². The van der Waals surface area contributed by atoms with Crippen LogP contribution in [0, 0.1) is 5.92 Å².